The molecule has 0 amide bonds. The monoisotopic (exact) mass is 538 g/mol. The van der Waals surface area contributed by atoms with Gasteiger partial charge in [0.25, 0.3) is 5.95 Å². The summed E-state index contributed by atoms with van der Waals surface area (Å²) in [4.78, 5) is 18.5. The Hall–Kier alpha value is -3.57. The molecule has 0 spiro atoms. The lowest BCUT2D eigenvalue weighted by Crippen LogP contribution is -2.48. The molecule has 3 rings (SSSR count). The number of rotatable bonds is 15. The smallest absolute Gasteiger partial charge is 0.335 e. The van der Waals surface area contributed by atoms with E-state index in [0.29, 0.717) is 12.3 Å². The fourth-order valence-electron chi connectivity index (χ4n) is 4.30. The first kappa shape index (κ1) is 30.0. The molecule has 0 aliphatic heterocycles. The number of unbranched alkanes of at least 4 members (excludes halogenated alkanes) is 3. The van der Waals surface area contributed by atoms with Gasteiger partial charge in [-0.25, -0.2) is 9.78 Å². The quantitative estimate of drug-likeness (QED) is 0.0910. The summed E-state index contributed by atoms with van der Waals surface area (Å²) in [6.07, 6.45) is 5.60. The van der Waals surface area contributed by atoms with E-state index < -0.39 is 10.9 Å². The summed E-state index contributed by atoms with van der Waals surface area (Å²) in [5.41, 5.74) is 5.69. The second-order valence-corrected chi connectivity index (χ2v) is 9.68. The van der Waals surface area contributed by atoms with Crippen molar-refractivity contribution in [2.24, 2.45) is 0 Å². The number of anilines is 1. The maximum Gasteiger partial charge on any atom is 0.335 e. The van der Waals surface area contributed by atoms with Crippen molar-refractivity contribution in [3.05, 3.63) is 65.2 Å². The molecule has 210 valence electrons. The summed E-state index contributed by atoms with van der Waals surface area (Å²) < 4.78 is 6.09. The molecule has 0 aliphatic rings. The van der Waals surface area contributed by atoms with Crippen LogP contribution >= 0.6 is 0 Å². The molecule has 3 aromatic rings. The number of ether oxygens (including phenoxy) is 1. The molecular weight excluding hydrogens is 498 g/mol. The van der Waals surface area contributed by atoms with Crippen LogP contribution in [0.15, 0.2) is 48.5 Å². The normalized spacial score (nSPS) is 12.3. The SMILES string of the molecule is CCCCCCNC(CC)COc1cc(-c2c(C)cccc2C)nc(N[N+](O)(O)c2cccc(C(=O)O)c2)n1. The Morgan fingerprint density at radius 1 is 1.00 bits per heavy atom. The maximum atomic E-state index is 11.4. The van der Waals surface area contributed by atoms with Gasteiger partial charge in [0.15, 0.2) is 0 Å². The van der Waals surface area contributed by atoms with E-state index in [1.54, 1.807) is 6.07 Å². The summed E-state index contributed by atoms with van der Waals surface area (Å²) in [5.74, 6) is -1.02. The molecule has 0 bridgehead atoms. The largest absolute Gasteiger partial charge is 0.478 e. The van der Waals surface area contributed by atoms with Gasteiger partial charge in [0.2, 0.25) is 11.6 Å². The fraction of sp³-hybridized carbons (Fsp3) is 0.414. The first-order chi connectivity index (χ1) is 18.6. The number of quaternary nitrogens is 1. The summed E-state index contributed by atoms with van der Waals surface area (Å²) >= 11 is 0. The van der Waals surface area contributed by atoms with Crippen LogP contribution in [0.1, 0.15) is 67.4 Å². The van der Waals surface area contributed by atoms with Crippen LogP contribution in [0, 0.1) is 13.8 Å². The second-order valence-electron chi connectivity index (χ2n) is 9.68. The summed E-state index contributed by atoms with van der Waals surface area (Å²) in [7, 11) is 0. The molecule has 2 aromatic carbocycles. The van der Waals surface area contributed by atoms with Crippen molar-refractivity contribution in [3.8, 4) is 17.1 Å². The lowest BCUT2D eigenvalue weighted by atomic mass is 10.00. The van der Waals surface area contributed by atoms with Gasteiger partial charge in [-0.3, -0.25) is 0 Å². The number of hydrogen-bond acceptors (Lipinski definition) is 8. The number of carboxylic acids is 1. The number of carbonyl (C=O) groups is 1. The highest BCUT2D eigenvalue weighted by molar-refractivity contribution is 5.88. The van der Waals surface area contributed by atoms with E-state index in [1.165, 1.54) is 37.5 Å². The second kappa shape index (κ2) is 14.0. The molecule has 39 heavy (non-hydrogen) atoms. The molecule has 1 atom stereocenters. The van der Waals surface area contributed by atoms with Gasteiger partial charge in [-0.1, -0.05) is 57.4 Å². The molecule has 0 radical (unpaired) electrons. The van der Waals surface area contributed by atoms with Crippen LogP contribution in [0.3, 0.4) is 0 Å². The van der Waals surface area contributed by atoms with Crippen LogP contribution in [-0.4, -0.2) is 50.7 Å². The Morgan fingerprint density at radius 2 is 1.72 bits per heavy atom. The predicted molar refractivity (Wildman–Crippen MR) is 151 cm³/mol. The molecule has 10 nitrogen and oxygen atoms in total. The van der Waals surface area contributed by atoms with Crippen molar-refractivity contribution >= 4 is 17.6 Å². The molecular formula is C29H40N5O5+. The minimum absolute atomic E-state index is 0.0954. The molecule has 0 aliphatic carbocycles. The Balaban J connectivity index is 1.89. The molecule has 0 saturated carbocycles. The van der Waals surface area contributed by atoms with Crippen LogP contribution in [0.2, 0.25) is 0 Å². The molecule has 0 fully saturated rings. The third-order valence-electron chi connectivity index (χ3n) is 6.54. The van der Waals surface area contributed by atoms with Crippen molar-refractivity contribution < 1.29 is 25.1 Å². The number of nitrogens with one attached hydrogen (secondary N) is 2. The van der Waals surface area contributed by atoms with Gasteiger partial charge < -0.3 is 15.2 Å². The first-order valence-electron chi connectivity index (χ1n) is 13.4. The molecule has 1 aromatic heterocycles. The van der Waals surface area contributed by atoms with Crippen LogP contribution in [0.4, 0.5) is 11.6 Å². The van der Waals surface area contributed by atoms with E-state index in [0.717, 1.165) is 42.1 Å². The number of aryl methyl sites for hydroxylation is 2. The third-order valence-corrected chi connectivity index (χ3v) is 6.54. The number of nitrogens with zero attached hydrogens (tertiary/aromatic N) is 3. The summed E-state index contributed by atoms with van der Waals surface area (Å²) in [6, 6.07) is 13.1. The molecule has 5 N–H and O–H groups in total. The molecule has 1 heterocycles. The third kappa shape index (κ3) is 8.46. The molecule has 0 saturated heterocycles. The van der Waals surface area contributed by atoms with Crippen LogP contribution in [0.25, 0.3) is 11.3 Å². The van der Waals surface area contributed by atoms with Crippen molar-refractivity contribution in [2.45, 2.75) is 65.8 Å². The number of benzene rings is 2. The molecule has 10 heteroatoms. The minimum atomic E-state index is -1.85. The van der Waals surface area contributed by atoms with E-state index in [4.69, 9.17) is 4.74 Å². The van der Waals surface area contributed by atoms with Gasteiger partial charge in [0.1, 0.15) is 6.61 Å². The summed E-state index contributed by atoms with van der Waals surface area (Å²) in [5, 5.41) is 34.4. The van der Waals surface area contributed by atoms with E-state index >= 15 is 0 Å². The highest BCUT2D eigenvalue weighted by atomic mass is 16.9. The van der Waals surface area contributed by atoms with Crippen molar-refractivity contribution in [2.75, 3.05) is 18.6 Å². The van der Waals surface area contributed by atoms with Crippen molar-refractivity contribution in [1.82, 2.24) is 20.2 Å². The average Bonchev–Trinajstić information content (AvgIpc) is 2.90. The molecule has 1 unspecified atom stereocenters. The van der Waals surface area contributed by atoms with Crippen LogP contribution in [-0.2, 0) is 0 Å². The van der Waals surface area contributed by atoms with Crippen LogP contribution < -0.4 is 20.4 Å². The standard InChI is InChI=1S/C29H39N5O5/c1-5-7-8-9-16-30-23(6-2)19-39-26-18-25(27-20(3)12-10-13-21(27)4)31-29(32-26)33-34(37,38)24-15-11-14-22(17-24)28(35)36/h10-15,17-18,23,30,37-38H,5-9,16,19H2,1-4H3,(H-,31,32,33,35,36)/p+1. The lowest BCUT2D eigenvalue weighted by Gasteiger charge is -2.22. The van der Waals surface area contributed by atoms with Gasteiger partial charge in [-0.15, -0.1) is 15.8 Å². The fourth-order valence-corrected chi connectivity index (χ4v) is 4.30. The number of aromatic nitrogens is 2. The average molecular weight is 539 g/mol. The minimum Gasteiger partial charge on any atom is -0.478 e. The van der Waals surface area contributed by atoms with E-state index in [9.17, 15) is 20.3 Å². The predicted octanol–water partition coefficient (Wildman–Crippen LogP) is 5.90. The van der Waals surface area contributed by atoms with Gasteiger partial charge in [-0.2, -0.15) is 4.98 Å². The lowest BCUT2D eigenvalue weighted by molar-refractivity contribution is -0.273. The number of hydrogen-bond donors (Lipinski definition) is 5. The van der Waals surface area contributed by atoms with E-state index in [1.807, 2.05) is 32.0 Å². The Morgan fingerprint density at radius 3 is 2.38 bits per heavy atom. The van der Waals surface area contributed by atoms with Crippen molar-refractivity contribution in [1.29, 1.82) is 0 Å². The van der Waals surface area contributed by atoms with Crippen molar-refractivity contribution in [3.63, 3.8) is 0 Å². The topological polar surface area (TPSA) is 137 Å². The Bertz CT molecular complexity index is 1230. The highest BCUT2D eigenvalue weighted by Gasteiger charge is 2.30. The highest BCUT2D eigenvalue weighted by Crippen LogP contribution is 2.30. The van der Waals surface area contributed by atoms with Gasteiger partial charge >= 0.3 is 5.97 Å². The zero-order chi connectivity index (χ0) is 28.4. The Labute approximate surface area is 229 Å². The van der Waals surface area contributed by atoms with Gasteiger partial charge in [0, 0.05) is 29.8 Å². The van der Waals surface area contributed by atoms with Gasteiger partial charge in [-0.05, 0) is 50.4 Å². The zero-order valence-electron chi connectivity index (χ0n) is 23.1. The first-order valence-corrected chi connectivity index (χ1v) is 13.4. The van der Waals surface area contributed by atoms with Gasteiger partial charge in [0.05, 0.1) is 16.2 Å². The van der Waals surface area contributed by atoms with Crippen LogP contribution in [0.5, 0.6) is 5.88 Å². The Kier molecular flexibility index (Phi) is 10.8. The zero-order valence-corrected chi connectivity index (χ0v) is 23.1. The van der Waals surface area contributed by atoms with E-state index in [-0.39, 0.29) is 29.1 Å². The summed E-state index contributed by atoms with van der Waals surface area (Å²) in [6.45, 7) is 9.53. The number of aromatic carboxylic acids is 1. The maximum absolute atomic E-state index is 11.4. The number of carboxylic acid groups (broad SMARTS) is 1. The van der Waals surface area contributed by atoms with E-state index in [2.05, 4.69) is 34.6 Å².